The zero-order chi connectivity index (χ0) is 23.0. The maximum Gasteiger partial charge on any atom is 0.311 e. The Balaban J connectivity index is 1.26. The predicted octanol–water partition coefficient (Wildman–Crippen LogP) is 2.87. The van der Waals surface area contributed by atoms with E-state index in [1.54, 1.807) is 12.3 Å². The monoisotopic (exact) mass is 449 g/mol. The van der Waals surface area contributed by atoms with E-state index in [0.717, 1.165) is 49.4 Å². The predicted molar refractivity (Wildman–Crippen MR) is 120 cm³/mol. The molecule has 0 saturated carbocycles. The lowest BCUT2D eigenvalue weighted by Crippen LogP contribution is -2.32. The summed E-state index contributed by atoms with van der Waals surface area (Å²) in [5.41, 5.74) is 3.03. The van der Waals surface area contributed by atoms with E-state index in [1.165, 1.54) is 0 Å². The molecule has 0 unspecified atom stereocenters. The molecule has 1 aromatic carbocycles. The van der Waals surface area contributed by atoms with E-state index < -0.39 is 11.9 Å². The van der Waals surface area contributed by atoms with Crippen molar-refractivity contribution < 1.29 is 19.4 Å². The molecule has 2 aromatic heterocycles. The largest absolute Gasteiger partial charge is 0.481 e. The van der Waals surface area contributed by atoms with Gasteiger partial charge in [-0.25, -0.2) is 4.68 Å². The van der Waals surface area contributed by atoms with E-state index in [2.05, 4.69) is 26.3 Å². The number of piperidine rings is 1. The van der Waals surface area contributed by atoms with Gasteiger partial charge in [-0.2, -0.15) is 0 Å². The van der Waals surface area contributed by atoms with Crippen LogP contribution < -0.4 is 4.74 Å². The quantitative estimate of drug-likeness (QED) is 0.392. The highest BCUT2D eigenvalue weighted by molar-refractivity contribution is 5.78. The van der Waals surface area contributed by atoms with Gasteiger partial charge >= 0.3 is 11.9 Å². The first-order valence-corrected chi connectivity index (χ1v) is 11.1. The third-order valence-electron chi connectivity index (χ3n) is 5.71. The Morgan fingerprint density at radius 2 is 1.88 bits per heavy atom. The second-order valence-corrected chi connectivity index (χ2v) is 8.22. The molecule has 9 nitrogen and oxygen atoms in total. The van der Waals surface area contributed by atoms with Crippen LogP contribution in [0.5, 0.6) is 5.75 Å². The van der Waals surface area contributed by atoms with Crippen molar-refractivity contribution in [2.45, 2.75) is 44.7 Å². The van der Waals surface area contributed by atoms with Gasteiger partial charge in [0, 0.05) is 12.7 Å². The summed E-state index contributed by atoms with van der Waals surface area (Å²) in [5, 5.41) is 17.2. The number of benzene rings is 1. The molecule has 0 radical (unpaired) electrons. The number of aromatic nitrogens is 4. The van der Waals surface area contributed by atoms with Crippen LogP contribution in [0.25, 0.3) is 0 Å². The number of ether oxygens (including phenoxy) is 1. The number of nitrogens with zero attached hydrogens (tertiary/aromatic N) is 5. The highest BCUT2D eigenvalue weighted by Gasteiger charge is 2.22. The maximum absolute atomic E-state index is 11.8. The van der Waals surface area contributed by atoms with E-state index in [0.29, 0.717) is 18.2 Å². The fourth-order valence-electron chi connectivity index (χ4n) is 4.02. The fourth-order valence-corrected chi connectivity index (χ4v) is 4.02. The smallest absolute Gasteiger partial charge is 0.311 e. The molecule has 0 aliphatic carbocycles. The summed E-state index contributed by atoms with van der Waals surface area (Å²) in [4.78, 5) is 29.1. The lowest BCUT2D eigenvalue weighted by Gasteiger charge is -2.31. The van der Waals surface area contributed by atoms with E-state index in [4.69, 9.17) is 9.84 Å². The number of hydrogen-bond donors (Lipinski definition) is 1. The Morgan fingerprint density at radius 3 is 2.64 bits per heavy atom. The molecule has 172 valence electrons. The van der Waals surface area contributed by atoms with Gasteiger partial charge in [-0.05, 0) is 61.7 Å². The number of hydrogen-bond acceptors (Lipinski definition) is 7. The van der Waals surface area contributed by atoms with Crippen molar-refractivity contribution in [3.05, 3.63) is 71.8 Å². The number of rotatable bonds is 9. The number of aliphatic carboxylic acids is 1. The summed E-state index contributed by atoms with van der Waals surface area (Å²) in [6, 6.07) is 13.4. The minimum absolute atomic E-state index is 0.134. The van der Waals surface area contributed by atoms with Crippen molar-refractivity contribution in [1.82, 2.24) is 24.9 Å². The highest BCUT2D eigenvalue weighted by atomic mass is 16.5. The SMILES string of the molecule is O=C(O)CCC(=O)Oc1cccc(C2CCN(Cc3cn(Cc4ccccn4)nn3)CC2)c1. The number of carbonyl (C=O) groups is 2. The second-order valence-electron chi connectivity index (χ2n) is 8.22. The van der Waals surface area contributed by atoms with Crippen LogP contribution in [0.3, 0.4) is 0 Å². The first-order valence-electron chi connectivity index (χ1n) is 11.1. The molecular weight excluding hydrogens is 422 g/mol. The van der Waals surface area contributed by atoms with Crippen molar-refractivity contribution in [2.75, 3.05) is 13.1 Å². The molecule has 0 spiro atoms. The molecule has 3 heterocycles. The lowest BCUT2D eigenvalue weighted by atomic mass is 9.89. The van der Waals surface area contributed by atoms with E-state index in [1.807, 2.05) is 41.2 Å². The number of esters is 1. The minimum atomic E-state index is -1.01. The molecule has 0 bridgehead atoms. The average Bonchev–Trinajstić information content (AvgIpc) is 3.25. The summed E-state index contributed by atoms with van der Waals surface area (Å²) >= 11 is 0. The summed E-state index contributed by atoms with van der Waals surface area (Å²) in [7, 11) is 0. The molecule has 4 rings (SSSR count). The molecule has 0 atom stereocenters. The van der Waals surface area contributed by atoms with Crippen LogP contribution in [0.4, 0.5) is 0 Å². The van der Waals surface area contributed by atoms with Crippen LogP contribution in [-0.2, 0) is 22.7 Å². The van der Waals surface area contributed by atoms with Gasteiger partial charge in [0.2, 0.25) is 0 Å². The molecule has 9 heteroatoms. The summed E-state index contributed by atoms with van der Waals surface area (Å²) < 4.78 is 7.12. The van der Waals surface area contributed by atoms with Gasteiger partial charge in [-0.15, -0.1) is 5.10 Å². The highest BCUT2D eigenvalue weighted by Crippen LogP contribution is 2.30. The third-order valence-corrected chi connectivity index (χ3v) is 5.71. The Labute approximate surface area is 192 Å². The van der Waals surface area contributed by atoms with Crippen LogP contribution in [0, 0.1) is 0 Å². The Bertz CT molecular complexity index is 1080. The first kappa shape index (κ1) is 22.6. The summed E-state index contributed by atoms with van der Waals surface area (Å²) in [5.74, 6) is -0.683. The second kappa shape index (κ2) is 10.8. The molecular formula is C24H27N5O4. The van der Waals surface area contributed by atoms with Gasteiger partial charge < -0.3 is 9.84 Å². The zero-order valence-corrected chi connectivity index (χ0v) is 18.3. The van der Waals surface area contributed by atoms with Crippen LogP contribution in [0.15, 0.2) is 54.9 Å². The number of carbonyl (C=O) groups excluding carboxylic acids is 1. The topological polar surface area (TPSA) is 110 Å². The van der Waals surface area contributed by atoms with E-state index in [-0.39, 0.29) is 12.8 Å². The minimum Gasteiger partial charge on any atom is -0.481 e. The van der Waals surface area contributed by atoms with Crippen molar-refractivity contribution >= 4 is 11.9 Å². The number of carboxylic acid groups (broad SMARTS) is 1. The van der Waals surface area contributed by atoms with Gasteiger partial charge in [0.1, 0.15) is 5.75 Å². The Kier molecular flexibility index (Phi) is 7.41. The molecule has 33 heavy (non-hydrogen) atoms. The van der Waals surface area contributed by atoms with Crippen LogP contribution >= 0.6 is 0 Å². The molecule has 1 aliphatic heterocycles. The normalized spacial score (nSPS) is 14.8. The van der Waals surface area contributed by atoms with Crippen LogP contribution in [-0.4, -0.2) is 55.0 Å². The van der Waals surface area contributed by atoms with Crippen molar-refractivity contribution in [2.24, 2.45) is 0 Å². The molecule has 0 amide bonds. The van der Waals surface area contributed by atoms with Gasteiger partial charge in [-0.3, -0.25) is 19.5 Å². The fraction of sp³-hybridized carbons (Fsp3) is 0.375. The molecule has 1 N–H and O–H groups in total. The Morgan fingerprint density at radius 1 is 1.03 bits per heavy atom. The Hall–Kier alpha value is -3.59. The summed E-state index contributed by atoms with van der Waals surface area (Å²) in [6.45, 7) is 3.25. The maximum atomic E-state index is 11.8. The van der Waals surface area contributed by atoms with Crippen molar-refractivity contribution in [1.29, 1.82) is 0 Å². The first-order chi connectivity index (χ1) is 16.0. The average molecular weight is 450 g/mol. The zero-order valence-electron chi connectivity index (χ0n) is 18.3. The van der Waals surface area contributed by atoms with Gasteiger partial charge in [0.25, 0.3) is 0 Å². The van der Waals surface area contributed by atoms with Crippen LogP contribution in [0.1, 0.15) is 48.6 Å². The van der Waals surface area contributed by atoms with E-state index in [9.17, 15) is 9.59 Å². The van der Waals surface area contributed by atoms with Gasteiger partial charge in [0.15, 0.2) is 0 Å². The third kappa shape index (κ3) is 6.69. The molecule has 1 fully saturated rings. The number of carboxylic acids is 1. The molecule has 1 aliphatic rings. The van der Waals surface area contributed by atoms with Crippen LogP contribution in [0.2, 0.25) is 0 Å². The van der Waals surface area contributed by atoms with Gasteiger partial charge in [-0.1, -0.05) is 23.4 Å². The number of pyridine rings is 1. The van der Waals surface area contributed by atoms with E-state index >= 15 is 0 Å². The molecule has 1 saturated heterocycles. The van der Waals surface area contributed by atoms with Crippen molar-refractivity contribution in [3.63, 3.8) is 0 Å². The van der Waals surface area contributed by atoms with Crippen molar-refractivity contribution in [3.8, 4) is 5.75 Å². The molecule has 3 aromatic rings. The standard InChI is InChI=1S/C24H27N5O4/c30-23(31)7-8-24(32)33-22-6-3-4-19(14-22)18-9-12-28(13-10-18)15-21-17-29(27-26-21)16-20-5-1-2-11-25-20/h1-6,11,14,17-18H,7-10,12-13,15-16H2,(H,30,31). The lowest BCUT2D eigenvalue weighted by molar-refractivity contribution is -0.142. The summed E-state index contributed by atoms with van der Waals surface area (Å²) in [6.07, 6.45) is 5.38. The van der Waals surface area contributed by atoms with Gasteiger partial charge in [0.05, 0.1) is 37.0 Å². The number of likely N-dealkylation sites (tertiary alicyclic amines) is 1.